The van der Waals surface area contributed by atoms with E-state index in [0.717, 1.165) is 24.4 Å². The number of amides is 1. The first-order chi connectivity index (χ1) is 15.3. The quantitative estimate of drug-likeness (QED) is 0.692. The highest BCUT2D eigenvalue weighted by molar-refractivity contribution is 5.76. The molecule has 1 unspecified atom stereocenters. The highest BCUT2D eigenvalue weighted by Gasteiger charge is 2.36. The number of pyridine rings is 1. The van der Waals surface area contributed by atoms with E-state index in [4.69, 9.17) is 9.47 Å². The van der Waals surface area contributed by atoms with Gasteiger partial charge in [0.2, 0.25) is 17.7 Å². The van der Waals surface area contributed by atoms with Gasteiger partial charge in [-0.15, -0.1) is 0 Å². The third-order valence-electron chi connectivity index (χ3n) is 5.74. The number of carbonyl (C=O) groups is 1. The predicted octanol–water partition coefficient (Wildman–Crippen LogP) is 2.85. The molecule has 1 fully saturated rings. The molecular formula is C21H24F3N5O3. The summed E-state index contributed by atoms with van der Waals surface area (Å²) in [6, 6.07) is 1.05. The van der Waals surface area contributed by atoms with Gasteiger partial charge in [-0.3, -0.25) is 4.79 Å². The first-order valence-electron chi connectivity index (χ1n) is 10.4. The van der Waals surface area contributed by atoms with Crippen LogP contribution in [0.5, 0.6) is 11.8 Å². The zero-order valence-electron chi connectivity index (χ0n) is 17.9. The van der Waals surface area contributed by atoms with E-state index in [9.17, 15) is 18.0 Å². The van der Waals surface area contributed by atoms with Crippen molar-refractivity contribution in [3.8, 4) is 11.8 Å². The normalized spacial score (nSPS) is 18.5. The number of halogens is 3. The van der Waals surface area contributed by atoms with Gasteiger partial charge in [0.05, 0.1) is 43.3 Å². The molecule has 172 valence electrons. The molecule has 1 atom stereocenters. The molecule has 1 saturated heterocycles. The van der Waals surface area contributed by atoms with Gasteiger partial charge in [-0.25, -0.2) is 15.0 Å². The Morgan fingerprint density at radius 2 is 2.03 bits per heavy atom. The predicted molar refractivity (Wildman–Crippen MR) is 108 cm³/mol. The standard InChI is InChI=1S/C21H24F3N5O3/c1-3-18(30)29-6-4-14(10-29)32-19-15-11-28(7-5-17(15)26-12-27-19)13-8-16(21(22,23)24)20(31-2)25-9-13/h8-9,12,14H,3-7,10-11H2,1-2H3. The topological polar surface area (TPSA) is 80.7 Å². The van der Waals surface area contributed by atoms with E-state index in [1.54, 1.807) is 9.80 Å². The summed E-state index contributed by atoms with van der Waals surface area (Å²) < 4.78 is 51.2. The Morgan fingerprint density at radius 1 is 1.22 bits per heavy atom. The van der Waals surface area contributed by atoms with E-state index in [0.29, 0.717) is 57.0 Å². The van der Waals surface area contributed by atoms with Gasteiger partial charge in [0, 0.05) is 32.4 Å². The van der Waals surface area contributed by atoms with Gasteiger partial charge in [0.15, 0.2) is 0 Å². The largest absolute Gasteiger partial charge is 0.481 e. The van der Waals surface area contributed by atoms with Crippen LogP contribution in [0.2, 0.25) is 0 Å². The van der Waals surface area contributed by atoms with Gasteiger partial charge in [0.25, 0.3) is 0 Å². The maximum absolute atomic E-state index is 13.4. The lowest BCUT2D eigenvalue weighted by atomic mass is 10.1. The molecule has 0 bridgehead atoms. The zero-order chi connectivity index (χ0) is 22.9. The second-order valence-electron chi connectivity index (χ2n) is 7.75. The molecule has 0 radical (unpaired) electrons. The molecule has 4 rings (SSSR count). The van der Waals surface area contributed by atoms with Crippen LogP contribution in [0.15, 0.2) is 18.6 Å². The van der Waals surface area contributed by atoms with E-state index >= 15 is 0 Å². The number of hydrogen-bond donors (Lipinski definition) is 0. The monoisotopic (exact) mass is 451 g/mol. The first-order valence-corrected chi connectivity index (χ1v) is 10.4. The number of carbonyl (C=O) groups excluding carboxylic acids is 1. The van der Waals surface area contributed by atoms with Crippen molar-refractivity contribution in [2.24, 2.45) is 0 Å². The van der Waals surface area contributed by atoms with Gasteiger partial charge >= 0.3 is 6.18 Å². The van der Waals surface area contributed by atoms with Crippen molar-refractivity contribution in [3.05, 3.63) is 35.4 Å². The van der Waals surface area contributed by atoms with Crippen molar-refractivity contribution in [1.82, 2.24) is 19.9 Å². The Labute approximate surface area is 183 Å². The van der Waals surface area contributed by atoms with Crippen molar-refractivity contribution in [1.29, 1.82) is 0 Å². The summed E-state index contributed by atoms with van der Waals surface area (Å²) in [6.45, 7) is 3.73. The molecule has 11 heteroatoms. The molecule has 2 aromatic heterocycles. The van der Waals surface area contributed by atoms with Crippen molar-refractivity contribution < 1.29 is 27.4 Å². The molecule has 1 amide bonds. The summed E-state index contributed by atoms with van der Waals surface area (Å²) in [5.41, 5.74) is 0.960. The summed E-state index contributed by atoms with van der Waals surface area (Å²) in [6.07, 6.45) is -0.277. The highest BCUT2D eigenvalue weighted by atomic mass is 19.4. The molecule has 0 aromatic carbocycles. The van der Waals surface area contributed by atoms with E-state index in [-0.39, 0.29) is 12.0 Å². The number of aromatic nitrogens is 3. The average molecular weight is 451 g/mol. The number of alkyl halides is 3. The number of rotatable bonds is 5. The van der Waals surface area contributed by atoms with Gasteiger partial charge in [0.1, 0.15) is 18.0 Å². The summed E-state index contributed by atoms with van der Waals surface area (Å²) >= 11 is 0. The minimum Gasteiger partial charge on any atom is -0.481 e. The fourth-order valence-electron chi connectivity index (χ4n) is 4.05. The molecule has 0 saturated carbocycles. The van der Waals surface area contributed by atoms with Crippen LogP contribution < -0.4 is 14.4 Å². The summed E-state index contributed by atoms with van der Waals surface area (Å²) in [7, 11) is 1.16. The fourth-order valence-corrected chi connectivity index (χ4v) is 4.05. The van der Waals surface area contributed by atoms with Crippen LogP contribution in [0, 0.1) is 0 Å². The van der Waals surface area contributed by atoms with Crippen LogP contribution in [-0.4, -0.2) is 58.6 Å². The number of likely N-dealkylation sites (tertiary alicyclic amines) is 1. The maximum Gasteiger partial charge on any atom is 0.421 e. The lowest BCUT2D eigenvalue weighted by Gasteiger charge is -2.31. The molecule has 0 spiro atoms. The zero-order valence-corrected chi connectivity index (χ0v) is 17.9. The number of nitrogens with zero attached hydrogens (tertiary/aromatic N) is 5. The second-order valence-corrected chi connectivity index (χ2v) is 7.75. The minimum absolute atomic E-state index is 0.0828. The summed E-state index contributed by atoms with van der Waals surface area (Å²) in [4.78, 5) is 27.9. The molecule has 4 heterocycles. The molecule has 0 aliphatic carbocycles. The van der Waals surface area contributed by atoms with Crippen LogP contribution >= 0.6 is 0 Å². The van der Waals surface area contributed by atoms with Crippen molar-refractivity contribution >= 4 is 11.6 Å². The Morgan fingerprint density at radius 3 is 2.75 bits per heavy atom. The average Bonchev–Trinajstić information content (AvgIpc) is 3.26. The third-order valence-corrected chi connectivity index (χ3v) is 5.74. The number of methoxy groups -OCH3 is 1. The van der Waals surface area contributed by atoms with Crippen LogP contribution in [0.1, 0.15) is 36.6 Å². The molecule has 2 aromatic rings. The molecular weight excluding hydrogens is 427 g/mol. The highest BCUT2D eigenvalue weighted by Crippen LogP contribution is 2.38. The third kappa shape index (κ3) is 4.42. The van der Waals surface area contributed by atoms with E-state index < -0.39 is 17.6 Å². The van der Waals surface area contributed by atoms with E-state index in [2.05, 4.69) is 15.0 Å². The second kappa shape index (κ2) is 8.79. The van der Waals surface area contributed by atoms with Gasteiger partial charge in [-0.05, 0) is 6.07 Å². The lowest BCUT2D eigenvalue weighted by molar-refractivity contribution is -0.139. The van der Waals surface area contributed by atoms with Gasteiger partial charge in [-0.1, -0.05) is 6.92 Å². The van der Waals surface area contributed by atoms with Crippen molar-refractivity contribution in [2.45, 2.75) is 45.0 Å². The lowest BCUT2D eigenvalue weighted by Crippen LogP contribution is -2.33. The first kappa shape index (κ1) is 22.1. The Balaban J connectivity index is 1.55. The fraction of sp³-hybridized carbons (Fsp3) is 0.524. The molecule has 2 aliphatic heterocycles. The van der Waals surface area contributed by atoms with Crippen LogP contribution in [0.25, 0.3) is 0 Å². The van der Waals surface area contributed by atoms with Crippen LogP contribution in [0.3, 0.4) is 0 Å². The van der Waals surface area contributed by atoms with Gasteiger partial charge < -0.3 is 19.3 Å². The molecule has 8 nitrogen and oxygen atoms in total. The van der Waals surface area contributed by atoms with Crippen LogP contribution in [-0.2, 0) is 23.9 Å². The Hall–Kier alpha value is -3.11. The summed E-state index contributed by atoms with van der Waals surface area (Å²) in [5, 5.41) is 0. The SMILES string of the molecule is CCC(=O)N1CCC(Oc2ncnc3c2CN(c2cnc(OC)c(C(F)(F)F)c2)CC3)C1. The number of anilines is 1. The van der Waals surface area contributed by atoms with Crippen molar-refractivity contribution in [2.75, 3.05) is 31.6 Å². The number of hydrogen-bond acceptors (Lipinski definition) is 7. The summed E-state index contributed by atoms with van der Waals surface area (Å²) in [5.74, 6) is 0.0332. The molecule has 32 heavy (non-hydrogen) atoms. The Kier molecular flexibility index (Phi) is 6.07. The smallest absolute Gasteiger partial charge is 0.421 e. The van der Waals surface area contributed by atoms with E-state index in [1.165, 1.54) is 12.5 Å². The minimum atomic E-state index is -4.58. The van der Waals surface area contributed by atoms with Crippen LogP contribution in [0.4, 0.5) is 18.9 Å². The van der Waals surface area contributed by atoms with E-state index in [1.807, 2.05) is 6.92 Å². The molecule has 0 N–H and O–H groups in total. The van der Waals surface area contributed by atoms with Crippen molar-refractivity contribution in [3.63, 3.8) is 0 Å². The Bertz CT molecular complexity index is 1000. The molecule has 2 aliphatic rings. The van der Waals surface area contributed by atoms with Gasteiger partial charge in [-0.2, -0.15) is 13.2 Å². The maximum atomic E-state index is 13.4. The number of fused-ring (bicyclic) bond motifs is 1. The number of ether oxygens (including phenoxy) is 2.